The first-order valence-electron chi connectivity index (χ1n) is 10.1. The highest BCUT2D eigenvalue weighted by Gasteiger charge is 2.14. The predicted molar refractivity (Wildman–Crippen MR) is 119 cm³/mol. The molecule has 150 valence electrons. The van der Waals surface area contributed by atoms with E-state index in [1.807, 2.05) is 31.6 Å². The maximum atomic E-state index is 5.61. The number of benzene rings is 2. The normalized spacial score (nSPS) is 13.1. The lowest BCUT2D eigenvalue weighted by Crippen LogP contribution is -2.23. The Morgan fingerprint density at radius 2 is 1.93 bits per heavy atom. The fraction of sp³-hybridized carbons (Fsp3) is 0.208. The molecule has 3 heterocycles. The van der Waals surface area contributed by atoms with Gasteiger partial charge in [-0.2, -0.15) is 0 Å². The third-order valence-electron chi connectivity index (χ3n) is 5.45. The molecular weight excluding hydrogens is 374 g/mol. The molecule has 0 bridgehead atoms. The van der Waals surface area contributed by atoms with Crippen molar-refractivity contribution in [1.29, 1.82) is 0 Å². The summed E-state index contributed by atoms with van der Waals surface area (Å²) < 4.78 is 5.61. The van der Waals surface area contributed by atoms with Crippen molar-refractivity contribution in [3.63, 3.8) is 0 Å². The fourth-order valence-corrected chi connectivity index (χ4v) is 3.87. The van der Waals surface area contributed by atoms with Crippen molar-refractivity contribution in [2.24, 2.45) is 0 Å². The summed E-state index contributed by atoms with van der Waals surface area (Å²) in [7, 11) is 1.69. The Morgan fingerprint density at radius 1 is 1.00 bits per heavy atom. The highest BCUT2D eigenvalue weighted by molar-refractivity contribution is 5.84. The van der Waals surface area contributed by atoms with Crippen LogP contribution in [0.25, 0.3) is 22.0 Å². The van der Waals surface area contributed by atoms with Gasteiger partial charge in [0.2, 0.25) is 5.95 Å². The third kappa shape index (κ3) is 3.57. The molecule has 4 aromatic rings. The predicted octanol–water partition coefficient (Wildman–Crippen LogP) is 4.40. The molecule has 0 amide bonds. The monoisotopic (exact) mass is 397 g/mol. The van der Waals surface area contributed by atoms with Gasteiger partial charge in [0.15, 0.2) is 0 Å². The van der Waals surface area contributed by atoms with E-state index in [4.69, 9.17) is 9.72 Å². The van der Waals surface area contributed by atoms with Gasteiger partial charge in [0, 0.05) is 36.1 Å². The average molecular weight is 397 g/mol. The molecule has 2 aromatic carbocycles. The molecule has 6 nitrogen and oxygen atoms in total. The van der Waals surface area contributed by atoms with E-state index >= 15 is 0 Å². The lowest BCUT2D eigenvalue weighted by molar-refractivity contribution is 0.415. The lowest BCUT2D eigenvalue weighted by atomic mass is 10.00. The molecule has 0 radical (unpaired) electrons. The van der Waals surface area contributed by atoms with E-state index in [2.05, 4.69) is 50.9 Å². The first-order chi connectivity index (χ1) is 14.7. The summed E-state index contributed by atoms with van der Waals surface area (Å²) in [5, 5.41) is 7.75. The Bertz CT molecular complexity index is 1240. The molecule has 0 fully saturated rings. The summed E-state index contributed by atoms with van der Waals surface area (Å²) in [6, 6.07) is 12.6. The van der Waals surface area contributed by atoms with Crippen molar-refractivity contribution in [2.75, 3.05) is 19.0 Å². The van der Waals surface area contributed by atoms with Crippen LogP contribution in [0.5, 0.6) is 5.75 Å². The van der Waals surface area contributed by atoms with E-state index in [0.29, 0.717) is 5.95 Å². The van der Waals surface area contributed by atoms with Crippen LogP contribution in [0.2, 0.25) is 0 Å². The maximum Gasteiger partial charge on any atom is 0.227 e. The second kappa shape index (κ2) is 7.72. The smallest absolute Gasteiger partial charge is 0.227 e. The Labute approximate surface area is 175 Å². The molecule has 5 rings (SSSR count). The molecule has 2 N–H and O–H groups in total. The van der Waals surface area contributed by atoms with Gasteiger partial charge in [0.25, 0.3) is 0 Å². The highest BCUT2D eigenvalue weighted by Crippen LogP contribution is 2.32. The van der Waals surface area contributed by atoms with Crippen molar-refractivity contribution >= 4 is 22.5 Å². The second-order valence-corrected chi connectivity index (χ2v) is 7.59. The molecule has 6 heteroatoms. The first-order valence-corrected chi connectivity index (χ1v) is 10.1. The van der Waals surface area contributed by atoms with E-state index in [1.54, 1.807) is 7.11 Å². The number of anilines is 2. The number of nitrogens with one attached hydrogen (secondary N) is 2. The van der Waals surface area contributed by atoms with Crippen LogP contribution in [-0.4, -0.2) is 28.6 Å². The van der Waals surface area contributed by atoms with Gasteiger partial charge < -0.3 is 15.4 Å². The summed E-state index contributed by atoms with van der Waals surface area (Å²) >= 11 is 0. The summed E-state index contributed by atoms with van der Waals surface area (Å²) in [6.07, 6.45) is 6.58. The van der Waals surface area contributed by atoms with Gasteiger partial charge in [-0.15, -0.1) is 0 Å². The Morgan fingerprint density at radius 3 is 2.80 bits per heavy atom. The Balaban J connectivity index is 1.50. The first kappa shape index (κ1) is 18.5. The van der Waals surface area contributed by atoms with Crippen LogP contribution in [0.15, 0.2) is 55.0 Å². The van der Waals surface area contributed by atoms with Crippen LogP contribution in [-0.2, 0) is 13.0 Å². The topological polar surface area (TPSA) is 72.0 Å². The third-order valence-corrected chi connectivity index (χ3v) is 5.45. The summed E-state index contributed by atoms with van der Waals surface area (Å²) in [6.45, 7) is 3.90. The quantitative estimate of drug-likeness (QED) is 0.532. The maximum absolute atomic E-state index is 5.61. The zero-order valence-corrected chi connectivity index (χ0v) is 17.1. The standard InChI is InChI=1S/C24H23N5O/c1-15-7-19(13-26-11-15)16-3-4-18-14-27-24(28-21(18)8-16)29-22-9-20-12-25-6-5-17(20)10-23(22)30-2/h3-4,7-11,13-14,25H,5-6,12H2,1-2H3,(H,27,28,29). The molecule has 0 unspecified atom stereocenters. The number of fused-ring (bicyclic) bond motifs is 2. The lowest BCUT2D eigenvalue weighted by Gasteiger charge is -2.20. The van der Waals surface area contributed by atoms with Gasteiger partial charge in [-0.05, 0) is 66.4 Å². The molecule has 30 heavy (non-hydrogen) atoms. The number of nitrogens with zero attached hydrogens (tertiary/aromatic N) is 3. The number of hydrogen-bond donors (Lipinski definition) is 2. The SMILES string of the molecule is COc1cc2c(cc1Nc1ncc3ccc(-c4cncc(C)c4)cc3n1)CNCC2. The van der Waals surface area contributed by atoms with Gasteiger partial charge in [0.1, 0.15) is 5.75 Å². The second-order valence-electron chi connectivity index (χ2n) is 7.59. The number of ether oxygens (including phenoxy) is 1. The van der Waals surface area contributed by atoms with E-state index in [1.165, 1.54) is 11.1 Å². The molecular formula is C24H23N5O. The van der Waals surface area contributed by atoms with Crippen molar-refractivity contribution in [1.82, 2.24) is 20.3 Å². The number of rotatable bonds is 4. The molecule has 0 spiro atoms. The molecule has 0 saturated heterocycles. The number of aromatic nitrogens is 3. The van der Waals surface area contributed by atoms with Crippen LogP contribution >= 0.6 is 0 Å². The van der Waals surface area contributed by atoms with Crippen molar-refractivity contribution in [3.05, 3.63) is 71.7 Å². The summed E-state index contributed by atoms with van der Waals surface area (Å²) in [5.41, 5.74) is 7.65. The molecule has 0 atom stereocenters. The van der Waals surface area contributed by atoms with Crippen LogP contribution < -0.4 is 15.4 Å². The van der Waals surface area contributed by atoms with E-state index in [-0.39, 0.29) is 0 Å². The summed E-state index contributed by atoms with van der Waals surface area (Å²) in [4.78, 5) is 13.6. The number of aryl methyl sites for hydroxylation is 1. The van der Waals surface area contributed by atoms with Gasteiger partial charge in [0.05, 0.1) is 18.3 Å². The van der Waals surface area contributed by atoms with Crippen LogP contribution in [0, 0.1) is 6.92 Å². The van der Waals surface area contributed by atoms with Crippen molar-refractivity contribution < 1.29 is 4.74 Å². The van der Waals surface area contributed by atoms with Gasteiger partial charge in [-0.1, -0.05) is 12.1 Å². The zero-order valence-electron chi connectivity index (χ0n) is 17.1. The minimum absolute atomic E-state index is 0.545. The number of hydrogen-bond acceptors (Lipinski definition) is 6. The van der Waals surface area contributed by atoms with Crippen LogP contribution in [0.3, 0.4) is 0 Å². The van der Waals surface area contributed by atoms with E-state index in [0.717, 1.165) is 58.5 Å². The van der Waals surface area contributed by atoms with E-state index in [9.17, 15) is 0 Å². The van der Waals surface area contributed by atoms with Gasteiger partial charge >= 0.3 is 0 Å². The van der Waals surface area contributed by atoms with Crippen molar-refractivity contribution in [3.8, 4) is 16.9 Å². The largest absolute Gasteiger partial charge is 0.495 e. The number of pyridine rings is 1. The fourth-order valence-electron chi connectivity index (χ4n) is 3.87. The highest BCUT2D eigenvalue weighted by atomic mass is 16.5. The minimum atomic E-state index is 0.545. The van der Waals surface area contributed by atoms with Gasteiger partial charge in [-0.25, -0.2) is 9.97 Å². The average Bonchev–Trinajstić information content (AvgIpc) is 2.78. The Hall–Kier alpha value is -3.51. The van der Waals surface area contributed by atoms with Crippen LogP contribution in [0.1, 0.15) is 16.7 Å². The van der Waals surface area contributed by atoms with E-state index < -0.39 is 0 Å². The summed E-state index contributed by atoms with van der Waals surface area (Å²) in [5.74, 6) is 1.35. The number of methoxy groups -OCH3 is 1. The minimum Gasteiger partial charge on any atom is -0.495 e. The molecule has 2 aromatic heterocycles. The molecule has 0 aliphatic carbocycles. The zero-order chi connectivity index (χ0) is 20.5. The Kier molecular flexibility index (Phi) is 4.77. The van der Waals surface area contributed by atoms with Gasteiger partial charge in [-0.3, -0.25) is 4.98 Å². The molecule has 1 aliphatic rings. The molecule has 1 aliphatic heterocycles. The van der Waals surface area contributed by atoms with Crippen molar-refractivity contribution in [2.45, 2.75) is 19.9 Å². The van der Waals surface area contributed by atoms with Crippen LogP contribution in [0.4, 0.5) is 11.6 Å². The molecule has 0 saturated carbocycles.